The first kappa shape index (κ1) is 25.0. The molecule has 0 bridgehead atoms. The van der Waals surface area contributed by atoms with E-state index >= 15 is 0 Å². The van der Waals surface area contributed by atoms with Crippen molar-refractivity contribution in [1.82, 2.24) is 29.5 Å². The van der Waals surface area contributed by atoms with Gasteiger partial charge in [0.25, 0.3) is 21.5 Å². The van der Waals surface area contributed by atoms with Crippen molar-refractivity contribution < 1.29 is 17.9 Å². The van der Waals surface area contributed by atoms with Gasteiger partial charge in [0.05, 0.1) is 28.3 Å². The van der Waals surface area contributed by atoms with E-state index in [1.165, 1.54) is 47.4 Å². The Balaban J connectivity index is 1.82. The minimum atomic E-state index is -4.26. The van der Waals surface area contributed by atoms with E-state index in [0.717, 1.165) is 6.42 Å². The third kappa shape index (κ3) is 4.98. The van der Waals surface area contributed by atoms with Gasteiger partial charge in [-0.25, -0.2) is 18.1 Å². The fourth-order valence-electron chi connectivity index (χ4n) is 3.72. The summed E-state index contributed by atoms with van der Waals surface area (Å²) in [6.45, 7) is 4.31. The molecule has 0 atom stereocenters. The van der Waals surface area contributed by atoms with Crippen molar-refractivity contribution in [1.29, 1.82) is 0 Å². The van der Waals surface area contributed by atoms with Crippen LogP contribution in [0.15, 0.2) is 52.4 Å². The number of pyridine rings is 1. The molecule has 0 unspecified atom stereocenters. The predicted molar refractivity (Wildman–Crippen MR) is 133 cm³/mol. The number of benzene rings is 1. The Morgan fingerprint density at radius 2 is 2.00 bits per heavy atom. The van der Waals surface area contributed by atoms with E-state index in [0.29, 0.717) is 41.9 Å². The maximum Gasteiger partial charge on any atom is 0.277 e. The SMILES string of the molecule is CCCOc1ccc(S(=O)(=O)NC(=O)c2cccnc2)cc1-c1nc2c(CCC)nn(C)c2c(=O)[nH]1. The Kier molecular flexibility index (Phi) is 7.15. The molecule has 0 saturated carbocycles. The number of sulfonamides is 1. The molecule has 0 aliphatic carbocycles. The number of ether oxygens (including phenoxy) is 1. The highest BCUT2D eigenvalue weighted by atomic mass is 32.2. The van der Waals surface area contributed by atoms with Crippen molar-refractivity contribution in [2.45, 2.75) is 38.0 Å². The van der Waals surface area contributed by atoms with Crippen molar-refractivity contribution in [3.63, 3.8) is 0 Å². The predicted octanol–water partition coefficient (Wildman–Crippen LogP) is 2.58. The van der Waals surface area contributed by atoms with E-state index in [2.05, 4.69) is 20.1 Å². The third-order valence-electron chi connectivity index (χ3n) is 5.38. The second kappa shape index (κ2) is 10.3. The molecule has 36 heavy (non-hydrogen) atoms. The Bertz CT molecular complexity index is 1580. The van der Waals surface area contributed by atoms with Gasteiger partial charge in [0, 0.05) is 19.4 Å². The molecule has 0 fully saturated rings. The van der Waals surface area contributed by atoms with Crippen LogP contribution in [0.25, 0.3) is 22.4 Å². The fraction of sp³-hybridized carbons (Fsp3) is 0.292. The summed E-state index contributed by atoms with van der Waals surface area (Å²) >= 11 is 0. The van der Waals surface area contributed by atoms with E-state index in [1.807, 2.05) is 18.6 Å². The minimum absolute atomic E-state index is 0.0978. The first-order valence-corrected chi connectivity index (χ1v) is 12.9. The number of nitrogens with zero attached hydrogens (tertiary/aromatic N) is 4. The molecule has 0 saturated heterocycles. The zero-order valence-corrected chi connectivity index (χ0v) is 20.9. The van der Waals surface area contributed by atoms with Crippen molar-refractivity contribution in [3.8, 4) is 17.1 Å². The van der Waals surface area contributed by atoms with Crippen LogP contribution in [-0.4, -0.2) is 45.7 Å². The van der Waals surface area contributed by atoms with Gasteiger partial charge < -0.3 is 9.72 Å². The van der Waals surface area contributed by atoms with Crippen LogP contribution in [0.2, 0.25) is 0 Å². The molecule has 2 N–H and O–H groups in total. The van der Waals surface area contributed by atoms with Gasteiger partial charge in [0.2, 0.25) is 0 Å². The Labute approximate surface area is 207 Å². The summed E-state index contributed by atoms with van der Waals surface area (Å²) in [7, 11) is -2.59. The Morgan fingerprint density at radius 1 is 1.19 bits per heavy atom. The monoisotopic (exact) mass is 510 g/mol. The van der Waals surface area contributed by atoms with E-state index < -0.39 is 21.5 Å². The topological polar surface area (TPSA) is 149 Å². The standard InChI is InChI=1S/C24H26N6O5S/c1-4-7-18-20-21(30(3)28-18)24(32)27-22(26-20)17-13-16(9-10-19(17)35-12-5-2)36(33,34)29-23(31)15-8-6-11-25-14-15/h6,8-11,13-14H,4-5,7,12H2,1-3H3,(H,29,31)(H,26,27,32). The molecule has 0 radical (unpaired) electrons. The summed E-state index contributed by atoms with van der Waals surface area (Å²) in [6, 6.07) is 7.12. The number of hydrogen-bond acceptors (Lipinski definition) is 8. The number of fused-ring (bicyclic) bond motifs is 1. The normalized spacial score (nSPS) is 11.5. The number of aryl methyl sites for hydroxylation is 2. The highest BCUT2D eigenvalue weighted by molar-refractivity contribution is 7.90. The number of hydrogen-bond donors (Lipinski definition) is 2. The van der Waals surface area contributed by atoms with Crippen molar-refractivity contribution in [2.24, 2.45) is 7.05 Å². The Morgan fingerprint density at radius 3 is 2.69 bits per heavy atom. The molecule has 3 aromatic heterocycles. The van der Waals surface area contributed by atoms with Crippen LogP contribution < -0.4 is 15.0 Å². The molecule has 4 rings (SSSR count). The molecule has 11 nitrogen and oxygen atoms in total. The number of rotatable bonds is 9. The summed E-state index contributed by atoms with van der Waals surface area (Å²) in [4.78, 5) is 36.4. The zero-order valence-electron chi connectivity index (χ0n) is 20.1. The van der Waals surface area contributed by atoms with Crippen LogP contribution >= 0.6 is 0 Å². The largest absolute Gasteiger partial charge is 0.493 e. The lowest BCUT2D eigenvalue weighted by atomic mass is 10.1. The average molecular weight is 511 g/mol. The molecule has 12 heteroatoms. The number of aromatic amines is 1. The quantitative estimate of drug-likeness (QED) is 0.349. The lowest BCUT2D eigenvalue weighted by Gasteiger charge is -2.13. The van der Waals surface area contributed by atoms with Crippen molar-refractivity contribution >= 4 is 27.0 Å². The van der Waals surface area contributed by atoms with Crippen LogP contribution in [0.3, 0.4) is 0 Å². The smallest absolute Gasteiger partial charge is 0.277 e. The molecular weight excluding hydrogens is 484 g/mol. The summed E-state index contributed by atoms with van der Waals surface area (Å²) in [5.41, 5.74) is 1.40. The number of amides is 1. The number of H-pyrrole nitrogens is 1. The first-order chi connectivity index (χ1) is 17.2. The molecule has 188 valence electrons. The average Bonchev–Trinajstić information content (AvgIpc) is 3.18. The summed E-state index contributed by atoms with van der Waals surface area (Å²) in [5.74, 6) is -0.333. The number of carbonyl (C=O) groups excluding carboxylic acids is 1. The van der Waals surface area contributed by atoms with Crippen molar-refractivity contribution in [3.05, 3.63) is 64.3 Å². The van der Waals surface area contributed by atoms with Gasteiger partial charge in [-0.2, -0.15) is 5.10 Å². The summed E-state index contributed by atoms with van der Waals surface area (Å²) in [5, 5.41) is 4.42. The van der Waals surface area contributed by atoms with Gasteiger partial charge in [-0.3, -0.25) is 19.3 Å². The van der Waals surface area contributed by atoms with E-state index in [4.69, 9.17) is 4.74 Å². The second-order valence-corrected chi connectivity index (χ2v) is 9.80. The minimum Gasteiger partial charge on any atom is -0.493 e. The second-order valence-electron chi connectivity index (χ2n) is 8.11. The molecule has 0 aliphatic heterocycles. The molecule has 3 heterocycles. The molecular formula is C24H26N6O5S. The zero-order chi connectivity index (χ0) is 25.9. The van der Waals surface area contributed by atoms with Crippen LogP contribution in [0.5, 0.6) is 5.75 Å². The number of carbonyl (C=O) groups is 1. The maximum absolute atomic E-state index is 13.0. The van der Waals surface area contributed by atoms with Crippen LogP contribution in [0.4, 0.5) is 0 Å². The van der Waals surface area contributed by atoms with Gasteiger partial charge in [0.15, 0.2) is 5.52 Å². The molecule has 0 aliphatic rings. The third-order valence-corrected chi connectivity index (χ3v) is 6.71. The van der Waals surface area contributed by atoms with Crippen LogP contribution in [-0.2, 0) is 23.5 Å². The Hall–Kier alpha value is -4.06. The molecule has 4 aromatic rings. The van der Waals surface area contributed by atoms with E-state index in [-0.39, 0.29) is 21.8 Å². The summed E-state index contributed by atoms with van der Waals surface area (Å²) in [6.07, 6.45) is 4.90. The lowest BCUT2D eigenvalue weighted by Crippen LogP contribution is -2.30. The van der Waals surface area contributed by atoms with Gasteiger partial charge in [-0.15, -0.1) is 0 Å². The van der Waals surface area contributed by atoms with Crippen LogP contribution in [0, 0.1) is 0 Å². The van der Waals surface area contributed by atoms with Crippen molar-refractivity contribution in [2.75, 3.05) is 6.61 Å². The molecule has 1 amide bonds. The highest BCUT2D eigenvalue weighted by Crippen LogP contribution is 2.31. The van der Waals surface area contributed by atoms with E-state index in [1.54, 1.807) is 7.05 Å². The molecule has 1 aromatic carbocycles. The fourth-order valence-corrected chi connectivity index (χ4v) is 4.72. The number of aromatic nitrogens is 5. The van der Waals surface area contributed by atoms with Gasteiger partial charge in [0.1, 0.15) is 17.1 Å². The molecule has 0 spiro atoms. The first-order valence-electron chi connectivity index (χ1n) is 11.5. The summed E-state index contributed by atoms with van der Waals surface area (Å²) < 4.78 is 35.4. The van der Waals surface area contributed by atoms with Crippen LogP contribution in [0.1, 0.15) is 42.7 Å². The van der Waals surface area contributed by atoms with Gasteiger partial charge >= 0.3 is 0 Å². The maximum atomic E-state index is 13.0. The van der Waals surface area contributed by atoms with Gasteiger partial charge in [-0.1, -0.05) is 20.3 Å². The number of nitrogens with one attached hydrogen (secondary N) is 2. The van der Waals surface area contributed by atoms with E-state index in [9.17, 15) is 18.0 Å². The lowest BCUT2D eigenvalue weighted by molar-refractivity contribution is 0.0981. The highest BCUT2D eigenvalue weighted by Gasteiger charge is 2.23. The van der Waals surface area contributed by atoms with Gasteiger partial charge in [-0.05, 0) is 43.2 Å².